The van der Waals surface area contributed by atoms with E-state index in [4.69, 9.17) is 19.0 Å². The maximum absolute atomic E-state index is 5.80. The largest absolute Gasteiger partial charge is 0.506 e. The fourth-order valence-corrected chi connectivity index (χ4v) is 4.51. The smallest absolute Gasteiger partial charge is 0.374 e. The van der Waals surface area contributed by atoms with Crippen LogP contribution in [0.15, 0.2) is 30.3 Å². The van der Waals surface area contributed by atoms with Gasteiger partial charge in [-0.05, 0) is 26.3 Å². The van der Waals surface area contributed by atoms with Gasteiger partial charge in [0.25, 0.3) is 0 Å². The van der Waals surface area contributed by atoms with Crippen LogP contribution in [0.4, 0.5) is 0 Å². The SMILES string of the molecule is CCO[Si](Cc1ccccc1)(OCC)OC(C)N. The summed E-state index contributed by atoms with van der Waals surface area (Å²) in [5.74, 6) is 0. The number of hydrogen-bond acceptors (Lipinski definition) is 4. The molecule has 5 heteroatoms. The van der Waals surface area contributed by atoms with Gasteiger partial charge in [0.05, 0.1) is 6.23 Å². The zero-order valence-electron chi connectivity index (χ0n) is 11.4. The number of rotatable bonds is 8. The second kappa shape index (κ2) is 7.65. The molecule has 2 N–H and O–H groups in total. The summed E-state index contributed by atoms with van der Waals surface area (Å²) < 4.78 is 17.4. The summed E-state index contributed by atoms with van der Waals surface area (Å²) in [5.41, 5.74) is 6.89. The van der Waals surface area contributed by atoms with Gasteiger partial charge in [-0.2, -0.15) is 0 Å². The Morgan fingerprint density at radius 1 is 1.11 bits per heavy atom. The van der Waals surface area contributed by atoms with E-state index >= 15 is 0 Å². The predicted octanol–water partition coefficient (Wildman–Crippen LogP) is 2.10. The summed E-state index contributed by atoms with van der Waals surface area (Å²) in [6.45, 7) is 6.80. The van der Waals surface area contributed by atoms with E-state index in [-0.39, 0.29) is 0 Å². The topological polar surface area (TPSA) is 53.7 Å². The molecule has 0 aliphatic carbocycles. The van der Waals surface area contributed by atoms with Crippen LogP contribution in [0.5, 0.6) is 0 Å². The zero-order chi connectivity index (χ0) is 13.4. The van der Waals surface area contributed by atoms with E-state index in [0.29, 0.717) is 19.3 Å². The fraction of sp³-hybridized carbons (Fsp3) is 0.538. The number of benzene rings is 1. The number of nitrogens with two attached hydrogens (primary N) is 1. The molecule has 1 aromatic carbocycles. The van der Waals surface area contributed by atoms with Gasteiger partial charge in [0, 0.05) is 19.3 Å². The Labute approximate surface area is 110 Å². The van der Waals surface area contributed by atoms with Crippen LogP contribution in [0.25, 0.3) is 0 Å². The van der Waals surface area contributed by atoms with E-state index in [1.54, 1.807) is 6.92 Å². The molecule has 0 saturated carbocycles. The fourth-order valence-electron chi connectivity index (χ4n) is 1.82. The molecular weight excluding hydrogens is 246 g/mol. The van der Waals surface area contributed by atoms with Gasteiger partial charge >= 0.3 is 8.80 Å². The minimum Gasteiger partial charge on any atom is -0.374 e. The standard InChI is InChI=1S/C13H23NO3Si/c1-4-15-18(16-5-2,17-12(3)14)11-13-9-7-6-8-10-13/h6-10,12H,4-5,11,14H2,1-3H3. The van der Waals surface area contributed by atoms with Crippen LogP contribution < -0.4 is 5.73 Å². The van der Waals surface area contributed by atoms with Crippen molar-refractivity contribution >= 4 is 8.80 Å². The molecule has 0 radical (unpaired) electrons. The van der Waals surface area contributed by atoms with E-state index in [2.05, 4.69) is 0 Å². The highest BCUT2D eigenvalue weighted by Gasteiger charge is 2.42. The minimum absolute atomic E-state index is 0.390. The van der Waals surface area contributed by atoms with Gasteiger partial charge in [-0.25, -0.2) is 0 Å². The molecule has 18 heavy (non-hydrogen) atoms. The Bertz CT molecular complexity index is 326. The van der Waals surface area contributed by atoms with Crippen molar-refractivity contribution < 1.29 is 13.3 Å². The van der Waals surface area contributed by atoms with Crippen molar-refractivity contribution in [3.63, 3.8) is 0 Å². The molecule has 1 atom stereocenters. The van der Waals surface area contributed by atoms with Gasteiger partial charge in [-0.3, -0.25) is 0 Å². The van der Waals surface area contributed by atoms with Crippen molar-refractivity contribution in [1.82, 2.24) is 0 Å². The monoisotopic (exact) mass is 269 g/mol. The first-order valence-electron chi connectivity index (χ1n) is 6.37. The first kappa shape index (κ1) is 15.3. The molecule has 0 bridgehead atoms. The van der Waals surface area contributed by atoms with Crippen LogP contribution in [-0.2, 0) is 19.3 Å². The average Bonchev–Trinajstić information content (AvgIpc) is 2.29. The molecule has 0 aliphatic heterocycles. The van der Waals surface area contributed by atoms with Gasteiger partial charge in [-0.1, -0.05) is 30.3 Å². The highest BCUT2D eigenvalue weighted by molar-refractivity contribution is 6.60. The molecule has 1 aromatic rings. The van der Waals surface area contributed by atoms with Crippen LogP contribution in [0.2, 0.25) is 0 Å². The second-order valence-electron chi connectivity index (χ2n) is 4.03. The Morgan fingerprint density at radius 2 is 1.67 bits per heavy atom. The van der Waals surface area contributed by atoms with E-state index in [1.165, 1.54) is 0 Å². The van der Waals surface area contributed by atoms with Crippen LogP contribution in [0.3, 0.4) is 0 Å². The maximum atomic E-state index is 5.80. The lowest BCUT2D eigenvalue weighted by atomic mass is 10.2. The van der Waals surface area contributed by atoms with Crippen molar-refractivity contribution in [2.45, 2.75) is 33.0 Å². The van der Waals surface area contributed by atoms with Gasteiger partial charge < -0.3 is 19.0 Å². The first-order valence-corrected chi connectivity index (χ1v) is 8.30. The normalized spacial score (nSPS) is 13.6. The molecule has 0 spiro atoms. The molecular formula is C13H23NO3Si. The summed E-state index contributed by atoms with van der Waals surface area (Å²) in [6, 6.07) is 10.7. The van der Waals surface area contributed by atoms with Gasteiger partial charge in [0.15, 0.2) is 0 Å². The zero-order valence-corrected chi connectivity index (χ0v) is 12.4. The van der Waals surface area contributed by atoms with Crippen LogP contribution in [0.1, 0.15) is 26.3 Å². The van der Waals surface area contributed by atoms with E-state index in [0.717, 1.165) is 5.56 Å². The lowest BCUT2D eigenvalue weighted by Crippen LogP contribution is -2.52. The third-order valence-electron chi connectivity index (χ3n) is 2.36. The van der Waals surface area contributed by atoms with Crippen molar-refractivity contribution in [1.29, 1.82) is 0 Å². The van der Waals surface area contributed by atoms with E-state index in [9.17, 15) is 0 Å². The van der Waals surface area contributed by atoms with Crippen molar-refractivity contribution in [3.8, 4) is 0 Å². The first-order chi connectivity index (χ1) is 8.62. The van der Waals surface area contributed by atoms with E-state index < -0.39 is 15.0 Å². The second-order valence-corrected chi connectivity index (χ2v) is 6.57. The predicted molar refractivity (Wildman–Crippen MR) is 73.9 cm³/mol. The van der Waals surface area contributed by atoms with Crippen molar-refractivity contribution in [2.24, 2.45) is 5.73 Å². The number of hydrogen-bond donors (Lipinski definition) is 1. The Morgan fingerprint density at radius 3 is 2.11 bits per heavy atom. The Balaban J connectivity index is 2.86. The molecule has 0 amide bonds. The summed E-state index contributed by atoms with van der Waals surface area (Å²) in [4.78, 5) is 0. The van der Waals surface area contributed by atoms with Gasteiger partial charge in [0.1, 0.15) is 0 Å². The highest BCUT2D eigenvalue weighted by atomic mass is 28.4. The molecule has 102 valence electrons. The van der Waals surface area contributed by atoms with Gasteiger partial charge in [0.2, 0.25) is 0 Å². The highest BCUT2D eigenvalue weighted by Crippen LogP contribution is 2.18. The van der Waals surface area contributed by atoms with Gasteiger partial charge in [-0.15, -0.1) is 0 Å². The lowest BCUT2D eigenvalue weighted by molar-refractivity contribution is 0.0396. The molecule has 0 fully saturated rings. The maximum Gasteiger partial charge on any atom is 0.506 e. The summed E-state index contributed by atoms with van der Waals surface area (Å²) in [7, 11) is -2.72. The van der Waals surface area contributed by atoms with Crippen LogP contribution in [-0.4, -0.2) is 28.2 Å². The Hall–Kier alpha value is -0.723. The summed E-state index contributed by atoms with van der Waals surface area (Å²) in [5, 5.41) is 0. The lowest BCUT2D eigenvalue weighted by Gasteiger charge is -2.30. The third kappa shape index (κ3) is 4.87. The molecule has 1 rings (SSSR count). The minimum atomic E-state index is -2.72. The van der Waals surface area contributed by atoms with Crippen LogP contribution >= 0.6 is 0 Å². The van der Waals surface area contributed by atoms with Crippen LogP contribution in [0, 0.1) is 0 Å². The molecule has 0 heterocycles. The molecule has 1 unspecified atom stereocenters. The molecule has 0 aliphatic rings. The molecule has 4 nitrogen and oxygen atoms in total. The van der Waals surface area contributed by atoms with Crippen molar-refractivity contribution in [2.75, 3.05) is 13.2 Å². The van der Waals surface area contributed by atoms with Crippen molar-refractivity contribution in [3.05, 3.63) is 35.9 Å². The Kier molecular flexibility index (Phi) is 6.52. The summed E-state index contributed by atoms with van der Waals surface area (Å²) >= 11 is 0. The third-order valence-corrected chi connectivity index (χ3v) is 5.39. The quantitative estimate of drug-likeness (QED) is 0.580. The average molecular weight is 269 g/mol. The van der Waals surface area contributed by atoms with E-state index in [1.807, 2.05) is 44.2 Å². The molecule has 0 saturated heterocycles. The summed E-state index contributed by atoms with van der Waals surface area (Å²) in [6.07, 6.45) is -0.390. The molecule has 0 aromatic heterocycles.